The summed E-state index contributed by atoms with van der Waals surface area (Å²) < 4.78 is 0. The number of hydrogen-bond donors (Lipinski definition) is 0. The van der Waals surface area contributed by atoms with Gasteiger partial charge in [-0.2, -0.15) is 10.4 Å². The predicted octanol–water partition coefficient (Wildman–Crippen LogP) is 10.4. The number of fused-ring (bicyclic) bond motifs is 2. The molecule has 2 heteroatoms. The molecule has 44 heavy (non-hydrogen) atoms. The van der Waals surface area contributed by atoms with Crippen LogP contribution in [0.2, 0.25) is 13.1 Å². The smallest absolute Gasteiger partial charge is 0.158 e. The van der Waals surface area contributed by atoms with Crippen molar-refractivity contribution in [1.82, 2.24) is 0 Å². The van der Waals surface area contributed by atoms with Gasteiger partial charge in [0.2, 0.25) is 0 Å². The molecule has 6 aromatic rings. The molecule has 6 aromatic carbocycles. The quantitative estimate of drug-likeness (QED) is 0.139. The van der Waals surface area contributed by atoms with Crippen LogP contribution < -0.4 is 10.4 Å². The van der Waals surface area contributed by atoms with Gasteiger partial charge in [0.15, 0.2) is 0 Å². The van der Waals surface area contributed by atoms with Gasteiger partial charge in [-0.05, 0) is 33.1 Å². The summed E-state index contributed by atoms with van der Waals surface area (Å²) in [5, 5.41) is 8.76. The van der Waals surface area contributed by atoms with Gasteiger partial charge in [-0.25, -0.2) is 0 Å². The summed E-state index contributed by atoms with van der Waals surface area (Å²) in [5.74, 6) is 0. The molecule has 6 rings (SSSR count). The van der Waals surface area contributed by atoms with Crippen LogP contribution in [0.1, 0.15) is 63.8 Å². The van der Waals surface area contributed by atoms with Crippen molar-refractivity contribution in [2.45, 2.75) is 79.3 Å². The third kappa shape index (κ3) is 5.55. The predicted molar refractivity (Wildman–Crippen MR) is 199 cm³/mol. The van der Waals surface area contributed by atoms with Crippen LogP contribution in [-0.2, 0) is 10.8 Å². The van der Waals surface area contributed by atoms with Crippen LogP contribution in [0.3, 0.4) is 0 Å². The van der Waals surface area contributed by atoms with E-state index in [2.05, 4.69) is 166 Å². The fourth-order valence-electron chi connectivity index (χ4n) is 7.46. The van der Waals surface area contributed by atoms with Crippen LogP contribution in [0.5, 0.6) is 0 Å². The summed E-state index contributed by atoms with van der Waals surface area (Å²) in [6.45, 7) is 23.6. The number of rotatable bonds is 4. The Morgan fingerprint density at radius 1 is 0.500 bits per heavy atom. The van der Waals surface area contributed by atoms with E-state index in [1.54, 1.807) is 10.4 Å². The van der Waals surface area contributed by atoms with E-state index < -0.39 is 8.07 Å². The minimum Gasteiger partial charge on any atom is -0.158 e. The average Bonchev–Trinajstić information content (AvgIpc) is 3.48. The van der Waals surface area contributed by atoms with Gasteiger partial charge >= 0.3 is 23.1 Å². The Morgan fingerprint density at radius 2 is 0.841 bits per heavy atom. The van der Waals surface area contributed by atoms with Crippen LogP contribution >= 0.6 is 0 Å². The molecule has 0 aliphatic heterocycles. The number of hydrogen-bond acceptors (Lipinski definition) is 0. The van der Waals surface area contributed by atoms with Gasteiger partial charge in [-0.1, -0.05) is 140 Å². The van der Waals surface area contributed by atoms with Crippen molar-refractivity contribution in [3.05, 3.63) is 119 Å². The van der Waals surface area contributed by atoms with Crippen molar-refractivity contribution in [1.29, 1.82) is 0 Å². The molecule has 0 heterocycles. The normalized spacial score (nSPS) is 12.6. The summed E-state index contributed by atoms with van der Waals surface area (Å²) in [6, 6.07) is 37.2. The summed E-state index contributed by atoms with van der Waals surface area (Å²) in [5.41, 5.74) is 11.2. The summed E-state index contributed by atoms with van der Waals surface area (Å²) in [6.07, 6.45) is 0. The zero-order valence-electron chi connectivity index (χ0n) is 28.4. The molecule has 0 radical (unpaired) electrons. The van der Waals surface area contributed by atoms with Gasteiger partial charge in [-0.3, -0.25) is 0 Å². The fourth-order valence-corrected chi connectivity index (χ4v) is 11.6. The van der Waals surface area contributed by atoms with Gasteiger partial charge in [0.25, 0.3) is 0 Å². The van der Waals surface area contributed by atoms with Crippen molar-refractivity contribution in [3.8, 4) is 22.3 Å². The van der Waals surface area contributed by atoms with E-state index in [4.69, 9.17) is 0 Å². The van der Waals surface area contributed by atoms with Gasteiger partial charge < -0.3 is 0 Å². The van der Waals surface area contributed by atoms with Gasteiger partial charge in [0.05, 0.1) is 0 Å². The minimum atomic E-state index is -2.18. The molecule has 220 valence electrons. The molecule has 0 amide bonds. The van der Waals surface area contributed by atoms with Gasteiger partial charge in [0.1, 0.15) is 0 Å². The Bertz CT molecular complexity index is 1800. The molecule has 0 saturated heterocycles. The molecular formula is C42H46MgSi. The van der Waals surface area contributed by atoms with Crippen LogP contribution in [0.15, 0.2) is 97.1 Å². The number of aryl methyl sites for hydroxylation is 2. The Kier molecular flexibility index (Phi) is 8.46. The molecule has 0 bridgehead atoms. The topological polar surface area (TPSA) is 0 Å². The average molecular weight is 603 g/mol. The molecule has 0 N–H and O–H groups in total. The third-order valence-corrected chi connectivity index (χ3v) is 13.4. The Hall–Kier alpha value is -2.92. The van der Waals surface area contributed by atoms with Crippen molar-refractivity contribution in [2.75, 3.05) is 0 Å². The van der Waals surface area contributed by atoms with Crippen molar-refractivity contribution < 1.29 is 0 Å². The first kappa shape index (κ1) is 32.5. The van der Waals surface area contributed by atoms with Crippen molar-refractivity contribution in [3.63, 3.8) is 0 Å². The molecule has 0 aromatic heterocycles. The molecule has 0 nitrogen and oxygen atoms in total. The van der Waals surface area contributed by atoms with Gasteiger partial charge in [0, 0.05) is 8.07 Å². The second-order valence-corrected chi connectivity index (χ2v) is 19.5. The van der Waals surface area contributed by atoms with E-state index in [1.807, 2.05) is 0 Å². The van der Waals surface area contributed by atoms with E-state index in [1.165, 1.54) is 66.1 Å². The molecule has 0 unspecified atom stereocenters. The Morgan fingerprint density at radius 3 is 1.16 bits per heavy atom. The SMILES string of the molecule is Cc1[cH-]c2cccc(-c3ccc(C(C)(C)C)cc3)c2c1[Si](C)(C)c1c(C)[cH-]c2cccc(-c3ccc(C(C)(C)C)cc3)c12.[Mg+2]. The standard InChI is InChI=1S/C42H46Si.Mg/c1-27-25-31-13-11-15-35(29-17-21-33(22-18-29)41(3,4)5)37(31)39(27)43(9,10)40-28(2)26-32-14-12-16-36(38(32)40)30-19-23-34(24-20-30)42(6,7)8;/h11-26H,1-10H3;/q-2;+2. The second kappa shape index (κ2) is 11.5. The maximum Gasteiger partial charge on any atom is 2.00 e. The Labute approximate surface area is 282 Å². The maximum atomic E-state index is 2.58. The van der Waals surface area contributed by atoms with Crippen LogP contribution in [0.25, 0.3) is 43.8 Å². The number of benzene rings is 4. The molecule has 0 atom stereocenters. The Balaban J connectivity index is 0.00000384. The van der Waals surface area contributed by atoms with Crippen molar-refractivity contribution >= 4 is 63.0 Å². The third-order valence-electron chi connectivity index (χ3n) is 9.60. The van der Waals surface area contributed by atoms with Crippen LogP contribution in [0.4, 0.5) is 0 Å². The van der Waals surface area contributed by atoms with Gasteiger partial charge in [-0.15, -0.1) is 69.1 Å². The first-order chi connectivity index (χ1) is 20.2. The molecule has 0 fully saturated rings. The van der Waals surface area contributed by atoms with E-state index in [-0.39, 0.29) is 33.9 Å². The van der Waals surface area contributed by atoms with Crippen molar-refractivity contribution in [2.24, 2.45) is 0 Å². The monoisotopic (exact) mass is 602 g/mol. The summed E-state index contributed by atoms with van der Waals surface area (Å²) in [4.78, 5) is 0. The largest absolute Gasteiger partial charge is 2.00 e. The fraction of sp³-hybridized carbons (Fsp3) is 0.286. The first-order valence-electron chi connectivity index (χ1n) is 15.8. The van der Waals surface area contributed by atoms with Crippen LogP contribution in [0, 0.1) is 13.8 Å². The zero-order valence-corrected chi connectivity index (χ0v) is 30.9. The minimum absolute atomic E-state index is 0. The molecule has 0 aliphatic carbocycles. The maximum absolute atomic E-state index is 2.58. The van der Waals surface area contributed by atoms with E-state index in [9.17, 15) is 0 Å². The molecule has 0 aliphatic rings. The first-order valence-corrected chi connectivity index (χ1v) is 18.8. The van der Waals surface area contributed by atoms with Crippen LogP contribution in [-0.4, -0.2) is 31.1 Å². The molecular weight excluding hydrogens is 557 g/mol. The summed E-state index contributed by atoms with van der Waals surface area (Å²) in [7, 11) is -2.18. The molecule has 0 spiro atoms. The zero-order chi connectivity index (χ0) is 30.9. The summed E-state index contributed by atoms with van der Waals surface area (Å²) >= 11 is 0. The second-order valence-electron chi connectivity index (χ2n) is 15.2. The van der Waals surface area contributed by atoms with E-state index in [0.717, 1.165) is 0 Å². The van der Waals surface area contributed by atoms with E-state index >= 15 is 0 Å². The van der Waals surface area contributed by atoms with E-state index in [0.29, 0.717) is 0 Å². The molecule has 0 saturated carbocycles.